The molecule has 0 saturated carbocycles. The molecule has 1 amide bonds. The summed E-state index contributed by atoms with van der Waals surface area (Å²) in [5, 5.41) is 2.76. The van der Waals surface area contributed by atoms with E-state index in [1.54, 1.807) is 48.3 Å². The van der Waals surface area contributed by atoms with Gasteiger partial charge in [-0.15, -0.1) is 0 Å². The number of imidazole rings is 1. The van der Waals surface area contributed by atoms with Crippen molar-refractivity contribution in [3.05, 3.63) is 77.4 Å². The Morgan fingerprint density at radius 1 is 1.11 bits per heavy atom. The van der Waals surface area contributed by atoms with Gasteiger partial charge in [0.25, 0.3) is 5.91 Å². The molecule has 0 aliphatic rings. The van der Waals surface area contributed by atoms with Crippen LogP contribution in [0.3, 0.4) is 0 Å². The number of benzene rings is 2. The molecule has 0 atom stereocenters. The average molecular weight is 363 g/mol. The number of aryl methyl sites for hydroxylation is 3. The van der Waals surface area contributed by atoms with Gasteiger partial charge < -0.3 is 14.6 Å². The molecule has 0 radical (unpaired) electrons. The molecular formula is C21H21N3O3. The Balaban J connectivity index is 1.58. The van der Waals surface area contributed by atoms with Crippen LogP contribution in [0.15, 0.2) is 54.9 Å². The van der Waals surface area contributed by atoms with Gasteiger partial charge in [0.15, 0.2) is 12.4 Å². The van der Waals surface area contributed by atoms with Gasteiger partial charge in [-0.2, -0.15) is 0 Å². The quantitative estimate of drug-likeness (QED) is 0.682. The van der Waals surface area contributed by atoms with Crippen LogP contribution in [-0.2, 0) is 11.8 Å². The van der Waals surface area contributed by atoms with Crippen LogP contribution in [0.5, 0.6) is 5.75 Å². The fourth-order valence-corrected chi connectivity index (χ4v) is 2.72. The Hall–Kier alpha value is -3.41. The summed E-state index contributed by atoms with van der Waals surface area (Å²) in [5.41, 5.74) is 3.24. The van der Waals surface area contributed by atoms with Crippen LogP contribution in [0.25, 0.3) is 0 Å². The number of anilines is 1. The van der Waals surface area contributed by atoms with Gasteiger partial charge in [0.1, 0.15) is 5.75 Å². The average Bonchev–Trinajstić information content (AvgIpc) is 3.07. The zero-order valence-corrected chi connectivity index (χ0v) is 15.5. The predicted octanol–water partition coefficient (Wildman–Crippen LogP) is 3.29. The van der Waals surface area contributed by atoms with Crippen molar-refractivity contribution in [1.29, 1.82) is 0 Å². The molecule has 3 aromatic rings. The summed E-state index contributed by atoms with van der Waals surface area (Å²) in [6.07, 6.45) is 3.30. The largest absolute Gasteiger partial charge is 0.483 e. The first-order chi connectivity index (χ1) is 12.9. The zero-order valence-electron chi connectivity index (χ0n) is 15.5. The van der Waals surface area contributed by atoms with Crippen LogP contribution < -0.4 is 10.1 Å². The van der Waals surface area contributed by atoms with E-state index in [1.165, 1.54) is 0 Å². The minimum absolute atomic E-state index is 0.0855. The maximum Gasteiger partial charge on any atom is 0.262 e. The minimum Gasteiger partial charge on any atom is -0.483 e. The lowest BCUT2D eigenvalue weighted by atomic mass is 10.1. The molecule has 0 saturated heterocycles. The highest BCUT2D eigenvalue weighted by Crippen LogP contribution is 2.19. The van der Waals surface area contributed by atoms with Gasteiger partial charge in [-0.05, 0) is 49.7 Å². The second kappa shape index (κ2) is 7.86. The van der Waals surface area contributed by atoms with Crippen molar-refractivity contribution >= 4 is 17.4 Å². The Kier molecular flexibility index (Phi) is 5.35. The molecule has 3 rings (SSSR count). The number of nitrogens with one attached hydrogen (secondary N) is 1. The summed E-state index contributed by atoms with van der Waals surface area (Å²) in [5.74, 6) is 0.622. The summed E-state index contributed by atoms with van der Waals surface area (Å²) in [6.45, 7) is 3.86. The fraction of sp³-hybridized carbons (Fsp3) is 0.190. The maximum atomic E-state index is 12.4. The predicted molar refractivity (Wildman–Crippen MR) is 103 cm³/mol. The molecule has 0 spiro atoms. The molecule has 6 nitrogen and oxygen atoms in total. The van der Waals surface area contributed by atoms with Gasteiger partial charge >= 0.3 is 0 Å². The lowest BCUT2D eigenvalue weighted by Crippen LogP contribution is -2.20. The molecule has 0 unspecified atom stereocenters. The van der Waals surface area contributed by atoms with Crippen molar-refractivity contribution < 1.29 is 14.3 Å². The van der Waals surface area contributed by atoms with E-state index in [-0.39, 0.29) is 18.3 Å². The smallest absolute Gasteiger partial charge is 0.262 e. The number of ketones is 1. The lowest BCUT2D eigenvalue weighted by molar-refractivity contribution is -0.118. The molecule has 1 aromatic heterocycles. The third-order valence-corrected chi connectivity index (χ3v) is 4.14. The van der Waals surface area contributed by atoms with Gasteiger partial charge in [0.2, 0.25) is 5.78 Å². The van der Waals surface area contributed by atoms with E-state index in [0.717, 1.165) is 11.1 Å². The second-order valence-electron chi connectivity index (χ2n) is 6.37. The summed E-state index contributed by atoms with van der Waals surface area (Å²) in [7, 11) is 1.77. The number of ether oxygens (including phenoxy) is 1. The number of carbonyl (C=O) groups is 2. The maximum absolute atomic E-state index is 12.4. The van der Waals surface area contributed by atoms with Crippen molar-refractivity contribution in [2.24, 2.45) is 7.05 Å². The number of amides is 1. The highest BCUT2D eigenvalue weighted by atomic mass is 16.5. The SMILES string of the molecule is Cc1ccc(OCC(=O)Nc2ccc(C(=O)c3nccn3C)cc2)c(C)c1. The van der Waals surface area contributed by atoms with Crippen LogP contribution in [0.2, 0.25) is 0 Å². The standard InChI is InChI=1S/C21H21N3O3/c1-14-4-9-18(15(2)12-14)27-13-19(25)23-17-7-5-16(6-8-17)20(26)21-22-10-11-24(21)3/h4-12H,13H2,1-3H3,(H,23,25). The Bertz CT molecular complexity index is 975. The minimum atomic E-state index is -0.266. The van der Waals surface area contributed by atoms with E-state index in [9.17, 15) is 9.59 Å². The van der Waals surface area contributed by atoms with Gasteiger partial charge in [-0.1, -0.05) is 17.7 Å². The summed E-state index contributed by atoms with van der Waals surface area (Å²) in [6, 6.07) is 12.5. The number of hydrogen-bond donors (Lipinski definition) is 1. The number of aromatic nitrogens is 2. The van der Waals surface area contributed by atoms with E-state index in [0.29, 0.717) is 22.8 Å². The van der Waals surface area contributed by atoms with Crippen molar-refractivity contribution in [3.8, 4) is 5.75 Å². The van der Waals surface area contributed by atoms with E-state index in [2.05, 4.69) is 10.3 Å². The molecule has 138 valence electrons. The Morgan fingerprint density at radius 3 is 2.48 bits per heavy atom. The topological polar surface area (TPSA) is 73.2 Å². The molecule has 6 heteroatoms. The number of carbonyl (C=O) groups excluding carboxylic acids is 2. The molecule has 2 aromatic carbocycles. The summed E-state index contributed by atoms with van der Waals surface area (Å²) >= 11 is 0. The van der Waals surface area contributed by atoms with Gasteiger partial charge in [0.05, 0.1) is 0 Å². The van der Waals surface area contributed by atoms with Crippen LogP contribution in [0.1, 0.15) is 27.3 Å². The zero-order chi connectivity index (χ0) is 19.4. The molecule has 0 aliphatic carbocycles. The van der Waals surface area contributed by atoms with E-state index >= 15 is 0 Å². The normalized spacial score (nSPS) is 10.5. The molecule has 0 bridgehead atoms. The number of rotatable bonds is 6. The lowest BCUT2D eigenvalue weighted by Gasteiger charge is -2.10. The Labute approximate surface area is 157 Å². The monoisotopic (exact) mass is 363 g/mol. The fourth-order valence-electron chi connectivity index (χ4n) is 2.72. The molecule has 0 fully saturated rings. The molecular weight excluding hydrogens is 342 g/mol. The van der Waals surface area contributed by atoms with Gasteiger partial charge in [-0.25, -0.2) is 4.98 Å². The highest BCUT2D eigenvalue weighted by Gasteiger charge is 2.13. The second-order valence-corrected chi connectivity index (χ2v) is 6.37. The van der Waals surface area contributed by atoms with Crippen molar-refractivity contribution in [3.63, 3.8) is 0 Å². The first-order valence-corrected chi connectivity index (χ1v) is 8.56. The summed E-state index contributed by atoms with van der Waals surface area (Å²) in [4.78, 5) is 28.5. The van der Waals surface area contributed by atoms with Crippen molar-refractivity contribution in [2.75, 3.05) is 11.9 Å². The molecule has 1 heterocycles. The van der Waals surface area contributed by atoms with Crippen molar-refractivity contribution in [1.82, 2.24) is 9.55 Å². The third-order valence-electron chi connectivity index (χ3n) is 4.14. The Morgan fingerprint density at radius 2 is 1.85 bits per heavy atom. The number of hydrogen-bond acceptors (Lipinski definition) is 4. The van der Waals surface area contributed by atoms with E-state index in [4.69, 9.17) is 4.74 Å². The van der Waals surface area contributed by atoms with Crippen LogP contribution in [0, 0.1) is 13.8 Å². The van der Waals surface area contributed by atoms with Crippen LogP contribution >= 0.6 is 0 Å². The highest BCUT2D eigenvalue weighted by molar-refractivity contribution is 6.07. The molecule has 0 aliphatic heterocycles. The van der Waals surface area contributed by atoms with Gasteiger partial charge in [0, 0.05) is 30.7 Å². The van der Waals surface area contributed by atoms with Crippen molar-refractivity contribution in [2.45, 2.75) is 13.8 Å². The third kappa shape index (κ3) is 4.41. The van der Waals surface area contributed by atoms with E-state index < -0.39 is 0 Å². The molecule has 1 N–H and O–H groups in total. The van der Waals surface area contributed by atoms with Gasteiger partial charge in [-0.3, -0.25) is 9.59 Å². The molecule has 27 heavy (non-hydrogen) atoms. The first kappa shape index (κ1) is 18.4. The first-order valence-electron chi connectivity index (χ1n) is 8.56. The van der Waals surface area contributed by atoms with Crippen LogP contribution in [-0.4, -0.2) is 27.8 Å². The summed E-state index contributed by atoms with van der Waals surface area (Å²) < 4.78 is 7.24. The van der Waals surface area contributed by atoms with E-state index in [1.807, 2.05) is 32.0 Å². The number of nitrogens with zero attached hydrogens (tertiary/aromatic N) is 2. The van der Waals surface area contributed by atoms with Crippen LogP contribution in [0.4, 0.5) is 5.69 Å².